The summed E-state index contributed by atoms with van der Waals surface area (Å²) in [6.07, 6.45) is 0. The maximum absolute atomic E-state index is 9.98. The van der Waals surface area contributed by atoms with Crippen molar-refractivity contribution in [2.45, 2.75) is 19.4 Å². The van der Waals surface area contributed by atoms with Gasteiger partial charge in [0.15, 0.2) is 5.96 Å². The van der Waals surface area contributed by atoms with Gasteiger partial charge in [-0.05, 0) is 30.7 Å². The van der Waals surface area contributed by atoms with Crippen molar-refractivity contribution in [3.63, 3.8) is 0 Å². The number of rotatable bonds is 8. The highest BCUT2D eigenvalue weighted by molar-refractivity contribution is 5.79. The lowest BCUT2D eigenvalue weighted by Crippen LogP contribution is -2.39. The maximum atomic E-state index is 9.98. The summed E-state index contributed by atoms with van der Waals surface area (Å²) in [7, 11) is 1.59. The number of phenols is 1. The summed E-state index contributed by atoms with van der Waals surface area (Å²) < 4.78 is 5.19. The molecule has 0 bridgehead atoms. The van der Waals surface area contributed by atoms with E-state index in [2.05, 4.69) is 15.6 Å². The number of aliphatic imine (C=N–C) groups is 1. The van der Waals surface area contributed by atoms with E-state index in [9.17, 15) is 10.2 Å². The van der Waals surface area contributed by atoms with Gasteiger partial charge in [-0.2, -0.15) is 0 Å². The first kappa shape index (κ1) is 19.6. The van der Waals surface area contributed by atoms with Crippen molar-refractivity contribution < 1.29 is 14.9 Å². The number of hydrogen-bond donors (Lipinski definition) is 4. The molecule has 0 saturated heterocycles. The van der Waals surface area contributed by atoms with Gasteiger partial charge in [-0.1, -0.05) is 30.3 Å². The summed E-state index contributed by atoms with van der Waals surface area (Å²) in [5.41, 5.74) is 1.76. The van der Waals surface area contributed by atoms with E-state index in [-0.39, 0.29) is 18.3 Å². The summed E-state index contributed by atoms with van der Waals surface area (Å²) >= 11 is 0. The molecule has 1 atom stereocenters. The van der Waals surface area contributed by atoms with Crippen LogP contribution in [0.2, 0.25) is 0 Å². The average molecular weight is 357 g/mol. The van der Waals surface area contributed by atoms with Crippen LogP contribution in [0.15, 0.2) is 53.5 Å². The summed E-state index contributed by atoms with van der Waals surface area (Å²) in [5, 5.41) is 26.1. The van der Waals surface area contributed by atoms with E-state index in [1.165, 1.54) is 0 Å². The van der Waals surface area contributed by atoms with Gasteiger partial charge in [0.1, 0.15) is 11.5 Å². The lowest BCUT2D eigenvalue weighted by atomic mass is 10.0. The highest BCUT2D eigenvalue weighted by atomic mass is 16.5. The Balaban J connectivity index is 2.04. The van der Waals surface area contributed by atoms with E-state index >= 15 is 0 Å². The summed E-state index contributed by atoms with van der Waals surface area (Å²) in [6.45, 7) is 3.61. The van der Waals surface area contributed by atoms with Crippen molar-refractivity contribution in [2.24, 2.45) is 4.99 Å². The van der Waals surface area contributed by atoms with Crippen LogP contribution >= 0.6 is 0 Å². The number of nitrogens with zero attached hydrogens (tertiary/aromatic N) is 1. The number of aromatic hydroxyl groups is 1. The van der Waals surface area contributed by atoms with Gasteiger partial charge < -0.3 is 25.6 Å². The normalized spacial score (nSPS) is 12.5. The molecule has 2 rings (SSSR count). The lowest BCUT2D eigenvalue weighted by molar-refractivity contribution is 0.265. The topological polar surface area (TPSA) is 86.1 Å². The molecule has 26 heavy (non-hydrogen) atoms. The molecule has 0 amide bonds. The van der Waals surface area contributed by atoms with E-state index in [0.29, 0.717) is 36.9 Å². The first-order chi connectivity index (χ1) is 12.7. The van der Waals surface area contributed by atoms with E-state index in [4.69, 9.17) is 4.74 Å². The molecule has 140 valence electrons. The van der Waals surface area contributed by atoms with Gasteiger partial charge in [0.2, 0.25) is 0 Å². The number of aliphatic hydroxyl groups is 1. The minimum absolute atomic E-state index is 0.0229. The molecule has 0 fully saturated rings. The van der Waals surface area contributed by atoms with Crippen LogP contribution in [0.3, 0.4) is 0 Å². The van der Waals surface area contributed by atoms with Crippen molar-refractivity contribution >= 4 is 5.96 Å². The second-order valence-corrected chi connectivity index (χ2v) is 5.86. The number of benzene rings is 2. The highest BCUT2D eigenvalue weighted by Crippen LogP contribution is 2.23. The molecule has 0 saturated carbocycles. The maximum Gasteiger partial charge on any atom is 0.191 e. The Morgan fingerprint density at radius 3 is 2.58 bits per heavy atom. The minimum Gasteiger partial charge on any atom is -0.508 e. The molecule has 6 nitrogen and oxygen atoms in total. The number of methoxy groups -OCH3 is 1. The van der Waals surface area contributed by atoms with Gasteiger partial charge in [0, 0.05) is 24.6 Å². The quantitative estimate of drug-likeness (QED) is 0.430. The van der Waals surface area contributed by atoms with Gasteiger partial charge in [0.25, 0.3) is 0 Å². The summed E-state index contributed by atoms with van der Waals surface area (Å²) in [4.78, 5) is 4.52. The van der Waals surface area contributed by atoms with E-state index in [1.807, 2.05) is 37.3 Å². The zero-order valence-electron chi connectivity index (χ0n) is 15.3. The molecule has 0 aliphatic heterocycles. The number of guanidine groups is 1. The number of aliphatic hydroxyl groups excluding tert-OH is 1. The predicted octanol–water partition coefficient (Wildman–Crippen LogP) is 2.23. The second kappa shape index (κ2) is 10.3. The zero-order chi connectivity index (χ0) is 18.8. The monoisotopic (exact) mass is 357 g/mol. The molecule has 0 aliphatic rings. The fraction of sp³-hybridized carbons (Fsp3) is 0.350. The Hall–Kier alpha value is -2.73. The summed E-state index contributed by atoms with van der Waals surface area (Å²) in [6, 6.07) is 15.0. The number of hydrogen-bond acceptors (Lipinski definition) is 4. The van der Waals surface area contributed by atoms with Crippen molar-refractivity contribution in [3.8, 4) is 11.5 Å². The molecule has 2 aromatic carbocycles. The highest BCUT2D eigenvalue weighted by Gasteiger charge is 2.11. The molecular formula is C20H27N3O3. The molecule has 2 aromatic rings. The molecule has 4 N–H and O–H groups in total. The van der Waals surface area contributed by atoms with Gasteiger partial charge >= 0.3 is 0 Å². The Labute approximate surface area is 154 Å². The Morgan fingerprint density at radius 1 is 1.15 bits per heavy atom. The fourth-order valence-electron chi connectivity index (χ4n) is 2.55. The molecular weight excluding hydrogens is 330 g/mol. The van der Waals surface area contributed by atoms with Crippen LogP contribution in [0.5, 0.6) is 11.5 Å². The van der Waals surface area contributed by atoms with Crippen LogP contribution < -0.4 is 15.4 Å². The third-order valence-corrected chi connectivity index (χ3v) is 4.05. The van der Waals surface area contributed by atoms with Crippen molar-refractivity contribution in [2.75, 3.05) is 26.8 Å². The minimum atomic E-state index is -0.0229. The van der Waals surface area contributed by atoms with E-state index < -0.39 is 0 Å². The number of nitrogens with one attached hydrogen (secondary N) is 2. The molecule has 0 aliphatic carbocycles. The molecule has 1 unspecified atom stereocenters. The van der Waals surface area contributed by atoms with E-state index in [1.54, 1.807) is 25.3 Å². The first-order valence-corrected chi connectivity index (χ1v) is 8.71. The molecule has 0 radical (unpaired) electrons. The van der Waals surface area contributed by atoms with E-state index in [0.717, 1.165) is 5.56 Å². The third kappa shape index (κ3) is 5.67. The predicted molar refractivity (Wildman–Crippen MR) is 104 cm³/mol. The van der Waals surface area contributed by atoms with Crippen molar-refractivity contribution in [3.05, 3.63) is 59.7 Å². The zero-order valence-corrected chi connectivity index (χ0v) is 15.3. The lowest BCUT2D eigenvalue weighted by Gasteiger charge is -2.18. The molecule has 0 aromatic heterocycles. The van der Waals surface area contributed by atoms with Crippen LogP contribution in [0, 0.1) is 0 Å². The van der Waals surface area contributed by atoms with Crippen LogP contribution in [0.4, 0.5) is 0 Å². The fourth-order valence-corrected chi connectivity index (χ4v) is 2.55. The molecule has 6 heteroatoms. The Kier molecular flexibility index (Phi) is 7.76. The van der Waals surface area contributed by atoms with Gasteiger partial charge in [-0.25, -0.2) is 4.99 Å². The van der Waals surface area contributed by atoms with Crippen LogP contribution in [-0.2, 0) is 6.54 Å². The molecule has 0 heterocycles. The van der Waals surface area contributed by atoms with Crippen LogP contribution in [0.1, 0.15) is 24.0 Å². The number of phenolic OH excluding ortho intramolecular Hbond substituents is 1. The van der Waals surface area contributed by atoms with Crippen molar-refractivity contribution in [1.82, 2.24) is 10.6 Å². The average Bonchev–Trinajstić information content (AvgIpc) is 2.68. The molecule has 0 spiro atoms. The van der Waals surface area contributed by atoms with Gasteiger partial charge in [-0.15, -0.1) is 0 Å². The Bertz CT molecular complexity index is 705. The largest absolute Gasteiger partial charge is 0.508 e. The van der Waals surface area contributed by atoms with Crippen LogP contribution in [-0.4, -0.2) is 43.0 Å². The summed E-state index contributed by atoms with van der Waals surface area (Å²) in [5.74, 6) is 1.47. The number of ether oxygens (including phenoxy) is 1. The first-order valence-electron chi connectivity index (χ1n) is 8.71. The van der Waals surface area contributed by atoms with Crippen molar-refractivity contribution in [1.29, 1.82) is 0 Å². The third-order valence-electron chi connectivity index (χ3n) is 4.05. The Morgan fingerprint density at radius 2 is 1.92 bits per heavy atom. The van der Waals surface area contributed by atoms with Crippen LogP contribution in [0.25, 0.3) is 0 Å². The SMILES string of the molecule is CCNC(=NCc1cc(OC)ccc1O)NCC(CO)c1ccccc1. The van der Waals surface area contributed by atoms with Gasteiger partial charge in [0.05, 0.1) is 20.3 Å². The smallest absolute Gasteiger partial charge is 0.191 e. The standard InChI is InChI=1S/C20H27N3O3/c1-3-21-20(22-12-16-11-18(26-2)9-10-19(16)25)23-13-17(14-24)15-7-5-4-6-8-15/h4-11,17,24-25H,3,12-14H2,1-2H3,(H2,21,22,23). The van der Waals surface area contributed by atoms with Gasteiger partial charge in [-0.3, -0.25) is 0 Å². The second-order valence-electron chi connectivity index (χ2n) is 5.86.